The van der Waals surface area contributed by atoms with Gasteiger partial charge in [-0.25, -0.2) is 4.98 Å². The van der Waals surface area contributed by atoms with Crippen molar-refractivity contribution < 1.29 is 19.1 Å². The second-order valence-corrected chi connectivity index (χ2v) is 7.44. The van der Waals surface area contributed by atoms with Crippen LogP contribution in [0.5, 0.6) is 11.5 Å². The molecule has 1 aliphatic carbocycles. The van der Waals surface area contributed by atoms with Crippen LogP contribution in [-0.2, 0) is 0 Å². The van der Waals surface area contributed by atoms with Crippen LogP contribution in [0.15, 0.2) is 66.9 Å². The van der Waals surface area contributed by atoms with E-state index in [1.807, 2.05) is 18.2 Å². The molecule has 31 heavy (non-hydrogen) atoms. The molecule has 0 atom stereocenters. The predicted octanol–water partition coefficient (Wildman–Crippen LogP) is 4.89. The first kappa shape index (κ1) is 20.6. The van der Waals surface area contributed by atoms with Gasteiger partial charge in [-0.15, -0.1) is 0 Å². The Labute approximate surface area is 181 Å². The zero-order chi connectivity index (χ0) is 21.6. The monoisotopic (exact) mass is 416 g/mol. The van der Waals surface area contributed by atoms with Crippen molar-refractivity contribution >= 4 is 17.4 Å². The lowest BCUT2D eigenvalue weighted by Gasteiger charge is -2.16. The lowest BCUT2D eigenvalue weighted by Crippen LogP contribution is -2.17. The largest absolute Gasteiger partial charge is 0.491 e. The van der Waals surface area contributed by atoms with Crippen LogP contribution in [0.4, 0.5) is 5.69 Å². The van der Waals surface area contributed by atoms with Crippen LogP contribution in [-0.4, -0.2) is 29.9 Å². The van der Waals surface area contributed by atoms with Gasteiger partial charge in [-0.1, -0.05) is 42.5 Å². The average molecular weight is 416 g/mol. The normalized spacial score (nSPS) is 13.6. The van der Waals surface area contributed by atoms with Crippen LogP contribution in [0.1, 0.15) is 52.1 Å². The van der Waals surface area contributed by atoms with E-state index in [2.05, 4.69) is 10.3 Å². The molecule has 6 nitrogen and oxygen atoms in total. The van der Waals surface area contributed by atoms with Crippen molar-refractivity contribution in [1.82, 2.24) is 4.98 Å². The lowest BCUT2D eigenvalue weighted by molar-refractivity contribution is 0.102. The number of para-hydroxylation sites is 1. The molecule has 1 amide bonds. The van der Waals surface area contributed by atoms with Crippen LogP contribution >= 0.6 is 0 Å². The third-order valence-corrected chi connectivity index (χ3v) is 5.34. The standard InChI is InChI=1S/C25H24N2O4/c1-30-23-16-26-21(15-22(23)31-18-11-5-6-12-18)25(29)27-20-14-8-7-13-19(20)24(28)17-9-3-2-4-10-17/h2-4,7-10,13-16,18H,5-6,11-12H2,1H3,(H,27,29). The Morgan fingerprint density at radius 3 is 2.42 bits per heavy atom. The number of benzene rings is 2. The van der Waals surface area contributed by atoms with Gasteiger partial charge in [0.1, 0.15) is 5.69 Å². The van der Waals surface area contributed by atoms with E-state index in [9.17, 15) is 9.59 Å². The zero-order valence-electron chi connectivity index (χ0n) is 17.3. The summed E-state index contributed by atoms with van der Waals surface area (Å²) >= 11 is 0. The molecule has 0 unspecified atom stereocenters. The van der Waals surface area contributed by atoms with Crippen molar-refractivity contribution in [3.05, 3.63) is 83.7 Å². The number of carbonyl (C=O) groups is 2. The molecule has 3 aromatic rings. The first-order valence-electron chi connectivity index (χ1n) is 10.4. The molecule has 4 rings (SSSR count). The molecule has 6 heteroatoms. The summed E-state index contributed by atoms with van der Waals surface area (Å²) in [5.41, 5.74) is 1.59. The van der Waals surface area contributed by atoms with Gasteiger partial charge in [-0.3, -0.25) is 9.59 Å². The minimum absolute atomic E-state index is 0.122. The van der Waals surface area contributed by atoms with E-state index in [-0.39, 0.29) is 17.6 Å². The summed E-state index contributed by atoms with van der Waals surface area (Å²) in [6.07, 6.45) is 5.86. The van der Waals surface area contributed by atoms with Crippen molar-refractivity contribution in [3.8, 4) is 11.5 Å². The highest BCUT2D eigenvalue weighted by molar-refractivity contribution is 6.15. The Balaban J connectivity index is 1.57. The Bertz CT molecular complexity index is 1080. The van der Waals surface area contributed by atoms with Gasteiger partial charge in [0.2, 0.25) is 0 Å². The second kappa shape index (κ2) is 9.43. The Morgan fingerprint density at radius 2 is 1.68 bits per heavy atom. The molecule has 1 aromatic heterocycles. The summed E-state index contributed by atoms with van der Waals surface area (Å²) < 4.78 is 11.4. The van der Waals surface area contributed by atoms with Gasteiger partial charge in [0.15, 0.2) is 17.3 Å². The van der Waals surface area contributed by atoms with Gasteiger partial charge in [0.05, 0.1) is 25.1 Å². The number of carbonyl (C=O) groups excluding carboxylic acids is 2. The van der Waals surface area contributed by atoms with Crippen molar-refractivity contribution in [3.63, 3.8) is 0 Å². The number of amides is 1. The van der Waals surface area contributed by atoms with Gasteiger partial charge in [-0.05, 0) is 37.8 Å². The Kier molecular flexibility index (Phi) is 6.26. The molecule has 1 fully saturated rings. The molecule has 1 saturated carbocycles. The fraction of sp³-hybridized carbons (Fsp3) is 0.240. The maximum absolute atomic E-state index is 12.9. The van der Waals surface area contributed by atoms with Crippen LogP contribution in [0.2, 0.25) is 0 Å². The van der Waals surface area contributed by atoms with Crippen molar-refractivity contribution in [1.29, 1.82) is 0 Å². The van der Waals surface area contributed by atoms with E-state index < -0.39 is 5.91 Å². The fourth-order valence-electron chi connectivity index (χ4n) is 3.70. The van der Waals surface area contributed by atoms with Gasteiger partial charge in [-0.2, -0.15) is 0 Å². The highest BCUT2D eigenvalue weighted by Crippen LogP contribution is 2.31. The van der Waals surface area contributed by atoms with Gasteiger partial charge in [0.25, 0.3) is 5.91 Å². The first-order valence-corrected chi connectivity index (χ1v) is 10.4. The van der Waals surface area contributed by atoms with Crippen LogP contribution in [0.25, 0.3) is 0 Å². The number of nitrogens with one attached hydrogen (secondary N) is 1. The molecule has 0 radical (unpaired) electrons. The molecule has 0 spiro atoms. The van der Waals surface area contributed by atoms with Crippen molar-refractivity contribution in [2.45, 2.75) is 31.8 Å². The number of ketones is 1. The molecule has 1 heterocycles. The highest BCUT2D eigenvalue weighted by atomic mass is 16.5. The maximum atomic E-state index is 12.9. The third kappa shape index (κ3) is 4.74. The average Bonchev–Trinajstić information content (AvgIpc) is 3.32. The third-order valence-electron chi connectivity index (χ3n) is 5.34. The molecule has 1 aliphatic rings. The summed E-state index contributed by atoms with van der Waals surface area (Å²) in [7, 11) is 1.55. The number of hydrogen-bond donors (Lipinski definition) is 1. The van der Waals surface area contributed by atoms with E-state index in [1.165, 1.54) is 6.20 Å². The van der Waals surface area contributed by atoms with E-state index in [1.54, 1.807) is 49.6 Å². The number of ether oxygens (including phenoxy) is 2. The molecular formula is C25H24N2O4. The molecular weight excluding hydrogens is 392 g/mol. The van der Waals surface area contributed by atoms with E-state index in [4.69, 9.17) is 9.47 Å². The van der Waals surface area contributed by atoms with Crippen molar-refractivity contribution in [2.24, 2.45) is 0 Å². The number of rotatable bonds is 7. The minimum Gasteiger partial charge on any atom is -0.491 e. The minimum atomic E-state index is -0.424. The SMILES string of the molecule is COc1cnc(C(=O)Nc2ccccc2C(=O)c2ccccc2)cc1OC1CCCC1. The Morgan fingerprint density at radius 1 is 0.968 bits per heavy atom. The smallest absolute Gasteiger partial charge is 0.274 e. The number of aromatic nitrogens is 1. The number of hydrogen-bond acceptors (Lipinski definition) is 5. The maximum Gasteiger partial charge on any atom is 0.274 e. The summed E-state index contributed by atoms with van der Waals surface area (Å²) in [4.78, 5) is 30.1. The second-order valence-electron chi connectivity index (χ2n) is 7.44. The fourth-order valence-corrected chi connectivity index (χ4v) is 3.70. The van der Waals surface area contributed by atoms with Crippen molar-refractivity contribution in [2.75, 3.05) is 12.4 Å². The molecule has 158 valence electrons. The molecule has 0 saturated heterocycles. The zero-order valence-corrected chi connectivity index (χ0v) is 17.3. The number of methoxy groups -OCH3 is 1. The van der Waals surface area contributed by atoms with E-state index in [0.29, 0.717) is 28.3 Å². The van der Waals surface area contributed by atoms with Crippen LogP contribution < -0.4 is 14.8 Å². The predicted molar refractivity (Wildman–Crippen MR) is 118 cm³/mol. The van der Waals surface area contributed by atoms with E-state index in [0.717, 1.165) is 25.7 Å². The lowest BCUT2D eigenvalue weighted by atomic mass is 10.0. The van der Waals surface area contributed by atoms with E-state index >= 15 is 0 Å². The Hall–Kier alpha value is -3.67. The quantitative estimate of drug-likeness (QED) is 0.555. The topological polar surface area (TPSA) is 77.5 Å². The number of pyridine rings is 1. The number of anilines is 1. The first-order chi connectivity index (χ1) is 15.2. The molecule has 0 bridgehead atoms. The molecule has 2 aromatic carbocycles. The van der Waals surface area contributed by atoms with Gasteiger partial charge >= 0.3 is 0 Å². The summed E-state index contributed by atoms with van der Waals surface area (Å²) in [5, 5.41) is 2.82. The van der Waals surface area contributed by atoms with Crippen LogP contribution in [0, 0.1) is 0 Å². The molecule has 0 aliphatic heterocycles. The summed E-state index contributed by atoms with van der Waals surface area (Å²) in [6, 6.07) is 17.5. The molecule has 1 N–H and O–H groups in total. The number of nitrogens with zero attached hydrogens (tertiary/aromatic N) is 1. The van der Waals surface area contributed by atoms with Gasteiger partial charge < -0.3 is 14.8 Å². The van der Waals surface area contributed by atoms with Crippen LogP contribution in [0.3, 0.4) is 0 Å². The van der Waals surface area contributed by atoms with Gasteiger partial charge in [0, 0.05) is 17.2 Å². The summed E-state index contributed by atoms with van der Waals surface area (Å²) in [6.45, 7) is 0. The highest BCUT2D eigenvalue weighted by Gasteiger charge is 2.21. The summed E-state index contributed by atoms with van der Waals surface area (Å²) in [5.74, 6) is 0.406.